The molecule has 4 aromatic carbocycles. The third kappa shape index (κ3) is 5.40. The maximum Gasteiger partial charge on any atom is 0.206 e. The highest BCUT2D eigenvalue weighted by Gasteiger charge is 2.41. The van der Waals surface area contributed by atoms with Crippen molar-refractivity contribution < 1.29 is 13.5 Å². The van der Waals surface area contributed by atoms with Crippen molar-refractivity contribution in [3.63, 3.8) is 0 Å². The molecule has 5 heteroatoms. The number of rotatable bonds is 6. The summed E-state index contributed by atoms with van der Waals surface area (Å²) in [6.45, 7) is 11.9. The van der Waals surface area contributed by atoms with Gasteiger partial charge in [0.05, 0.1) is 15.5 Å². The van der Waals surface area contributed by atoms with Crippen LogP contribution in [0.5, 0.6) is 0 Å². The van der Waals surface area contributed by atoms with Crippen molar-refractivity contribution in [2.24, 2.45) is 5.41 Å². The van der Waals surface area contributed by atoms with Crippen LogP contribution in [0.3, 0.4) is 0 Å². The smallest absolute Gasteiger partial charge is 0.206 e. The molecule has 210 valence electrons. The predicted octanol–water partition coefficient (Wildman–Crippen LogP) is 8.24. The van der Waals surface area contributed by atoms with Gasteiger partial charge >= 0.3 is 0 Å². The van der Waals surface area contributed by atoms with Crippen LogP contribution in [-0.4, -0.2) is 18.5 Å². The predicted molar refractivity (Wildman–Crippen MR) is 169 cm³/mol. The summed E-state index contributed by atoms with van der Waals surface area (Å²) < 4.78 is 29.1. The molecule has 0 aliphatic heterocycles. The zero-order chi connectivity index (χ0) is 29.6. The molecule has 5 rings (SSSR count). The van der Waals surface area contributed by atoms with E-state index in [0.29, 0.717) is 22.4 Å². The third-order valence-corrected chi connectivity index (χ3v) is 9.16. The lowest BCUT2D eigenvalue weighted by atomic mass is 9.80. The van der Waals surface area contributed by atoms with E-state index in [1.165, 1.54) is 0 Å². The Bertz CT molecular complexity index is 1830. The molecule has 0 aliphatic carbocycles. The molecule has 0 saturated heterocycles. The van der Waals surface area contributed by atoms with E-state index in [2.05, 4.69) is 4.98 Å². The Morgan fingerprint density at radius 2 is 1.29 bits per heavy atom. The molecule has 0 radical (unpaired) electrons. The minimum absolute atomic E-state index is 0.167. The van der Waals surface area contributed by atoms with Gasteiger partial charge in [0, 0.05) is 16.5 Å². The summed E-state index contributed by atoms with van der Waals surface area (Å²) in [5, 5.41) is 13.8. The number of aliphatic hydroxyl groups is 1. The fourth-order valence-corrected chi connectivity index (χ4v) is 7.12. The summed E-state index contributed by atoms with van der Waals surface area (Å²) in [4.78, 5) is 3.86. The van der Waals surface area contributed by atoms with Crippen molar-refractivity contribution in [2.75, 3.05) is 0 Å². The fraction of sp³-hybridized carbons (Fsp3) is 0.222. The number of sulfone groups is 1. The van der Waals surface area contributed by atoms with Gasteiger partial charge in [-0.3, -0.25) is 0 Å². The van der Waals surface area contributed by atoms with Crippen molar-refractivity contribution >= 4 is 25.6 Å². The monoisotopic (exact) mass is 563 g/mol. The molecule has 4 nitrogen and oxygen atoms in total. The Labute approximate surface area is 243 Å². The number of para-hydroxylation sites is 1. The maximum absolute atomic E-state index is 14.6. The molecule has 5 aromatic rings. The van der Waals surface area contributed by atoms with E-state index in [-0.39, 0.29) is 9.80 Å². The van der Waals surface area contributed by atoms with Gasteiger partial charge in [-0.05, 0) is 55.5 Å². The van der Waals surface area contributed by atoms with Gasteiger partial charge in [0.15, 0.2) is 5.60 Å². The van der Waals surface area contributed by atoms with Gasteiger partial charge < -0.3 is 10.1 Å². The normalized spacial score (nSPS) is 13.1. The maximum atomic E-state index is 14.6. The molecule has 2 N–H and O–H groups in total. The van der Waals surface area contributed by atoms with Crippen LogP contribution in [-0.2, 0) is 15.4 Å². The van der Waals surface area contributed by atoms with Crippen LogP contribution in [0.2, 0.25) is 0 Å². The Kier molecular flexibility index (Phi) is 7.31. The highest BCUT2D eigenvalue weighted by atomic mass is 32.2. The van der Waals surface area contributed by atoms with Gasteiger partial charge in [0.1, 0.15) is 0 Å². The number of nitrogens with one attached hydrogen (secondary N) is 1. The number of H-pyrrole nitrogens is 1. The number of allylic oxidation sites excluding steroid dienone is 1. The molecule has 0 unspecified atom stereocenters. The third-order valence-electron chi connectivity index (χ3n) is 7.37. The Hall–Kier alpha value is -3.93. The van der Waals surface area contributed by atoms with Crippen LogP contribution in [0.25, 0.3) is 15.8 Å². The van der Waals surface area contributed by atoms with E-state index >= 15 is 0 Å². The number of hydrogen-bond acceptors (Lipinski definition) is 3. The lowest BCUT2D eigenvalue weighted by Gasteiger charge is -2.31. The van der Waals surface area contributed by atoms with Gasteiger partial charge in [-0.2, -0.15) is 0 Å². The van der Waals surface area contributed by atoms with Crippen LogP contribution in [0.4, 0.5) is 0 Å². The Morgan fingerprint density at radius 3 is 1.83 bits per heavy atom. The lowest BCUT2D eigenvalue weighted by molar-refractivity contribution is 0.121. The molecule has 0 bridgehead atoms. The minimum Gasteiger partial charge on any atom is -0.375 e. The fourth-order valence-electron chi connectivity index (χ4n) is 5.39. The van der Waals surface area contributed by atoms with Crippen molar-refractivity contribution in [2.45, 2.75) is 52.0 Å². The molecule has 41 heavy (non-hydrogen) atoms. The zero-order valence-corrected chi connectivity index (χ0v) is 25.3. The average Bonchev–Trinajstić information content (AvgIpc) is 3.31. The van der Waals surface area contributed by atoms with E-state index in [0.717, 1.165) is 27.6 Å². The molecule has 0 saturated carbocycles. The first-order valence-electron chi connectivity index (χ1n) is 13.8. The number of fused-ring (bicyclic) bond motifs is 1. The van der Waals surface area contributed by atoms with E-state index in [4.69, 9.17) is 0 Å². The van der Waals surface area contributed by atoms with Gasteiger partial charge in [0.25, 0.3) is 0 Å². The molecule has 0 spiro atoms. The standard InChI is InChI=1S/C36H37NO3S/c1-24-17-19-29(20-18-24)41(39,40)32(23-35(4,5)6)33-30-15-7-8-16-31(30)37-34(33)36(38,27-13-9-11-25(2)21-27)28-14-10-12-26(3)22-28/h7-23,37-38H,1-6H3. The molecule has 0 fully saturated rings. The molecular weight excluding hydrogens is 526 g/mol. The van der Waals surface area contributed by atoms with Gasteiger partial charge in [-0.25, -0.2) is 8.42 Å². The molecule has 0 atom stereocenters. The highest BCUT2D eigenvalue weighted by Crippen LogP contribution is 2.46. The Morgan fingerprint density at radius 1 is 0.732 bits per heavy atom. The van der Waals surface area contributed by atoms with Crippen LogP contribution in [0.1, 0.15) is 59.8 Å². The first kappa shape index (κ1) is 28.6. The second kappa shape index (κ2) is 10.5. The summed E-state index contributed by atoms with van der Waals surface area (Å²) in [6.07, 6.45) is 1.81. The van der Waals surface area contributed by atoms with Crippen molar-refractivity contribution in [1.29, 1.82) is 0 Å². The van der Waals surface area contributed by atoms with Crippen molar-refractivity contribution in [3.8, 4) is 0 Å². The topological polar surface area (TPSA) is 70.2 Å². The molecule has 1 heterocycles. The van der Waals surface area contributed by atoms with Crippen molar-refractivity contribution in [3.05, 3.63) is 142 Å². The first-order chi connectivity index (χ1) is 19.3. The van der Waals surface area contributed by atoms with Crippen LogP contribution in [0.15, 0.2) is 108 Å². The lowest BCUT2D eigenvalue weighted by Crippen LogP contribution is -2.31. The van der Waals surface area contributed by atoms with Gasteiger partial charge in [0.2, 0.25) is 9.84 Å². The van der Waals surface area contributed by atoms with Crippen LogP contribution >= 0.6 is 0 Å². The SMILES string of the molecule is Cc1ccc(S(=O)(=O)C(=CC(C)(C)C)c2c(C(O)(c3cccc(C)c3)c3cccc(C)c3)[nH]c3ccccc23)cc1. The average molecular weight is 564 g/mol. The number of aromatic nitrogens is 1. The van der Waals surface area contributed by atoms with Crippen LogP contribution < -0.4 is 0 Å². The summed E-state index contributed by atoms with van der Waals surface area (Å²) in [5.74, 6) is 0. The number of benzene rings is 4. The van der Waals surface area contributed by atoms with Crippen molar-refractivity contribution in [1.82, 2.24) is 4.98 Å². The van der Waals surface area contributed by atoms with E-state index in [1.807, 2.05) is 133 Å². The highest BCUT2D eigenvalue weighted by molar-refractivity contribution is 8.00. The molecule has 1 aromatic heterocycles. The second-order valence-electron chi connectivity index (χ2n) is 12.1. The van der Waals surface area contributed by atoms with E-state index in [1.54, 1.807) is 12.1 Å². The van der Waals surface area contributed by atoms with Gasteiger partial charge in [-0.15, -0.1) is 0 Å². The largest absolute Gasteiger partial charge is 0.375 e. The van der Waals surface area contributed by atoms with E-state index < -0.39 is 20.9 Å². The molecule has 0 aliphatic rings. The Balaban J connectivity index is 1.94. The first-order valence-corrected chi connectivity index (χ1v) is 15.3. The number of aromatic amines is 1. The molecular formula is C36H37NO3S. The summed E-state index contributed by atoms with van der Waals surface area (Å²) in [6, 6.07) is 30.1. The zero-order valence-electron chi connectivity index (χ0n) is 24.5. The minimum atomic E-state index is -4.00. The van der Waals surface area contributed by atoms with E-state index in [9.17, 15) is 13.5 Å². The number of hydrogen-bond donors (Lipinski definition) is 2. The number of aryl methyl sites for hydroxylation is 3. The summed E-state index contributed by atoms with van der Waals surface area (Å²) in [7, 11) is -4.00. The van der Waals surface area contributed by atoms with Crippen LogP contribution in [0, 0.1) is 26.2 Å². The second-order valence-corrected chi connectivity index (χ2v) is 14.0. The molecule has 0 amide bonds. The van der Waals surface area contributed by atoms with Gasteiger partial charge in [-0.1, -0.05) is 122 Å². The summed E-state index contributed by atoms with van der Waals surface area (Å²) >= 11 is 0. The summed E-state index contributed by atoms with van der Waals surface area (Å²) in [5.41, 5.74) is 3.74. The quantitative estimate of drug-likeness (QED) is 0.219.